The van der Waals surface area contributed by atoms with Gasteiger partial charge in [-0.2, -0.15) is 0 Å². The first kappa shape index (κ1) is 15.3. The second-order valence-electron chi connectivity index (χ2n) is 9.12. The monoisotopic (exact) mass is 288 g/mol. The van der Waals surface area contributed by atoms with Crippen LogP contribution in [0.5, 0.6) is 0 Å². The maximum atomic E-state index is 10.9. The fraction of sp³-hybridized carbons (Fsp3) is 0.800. The smallest absolute Gasteiger partial charge is 0.0616 e. The molecule has 0 aromatic heterocycles. The van der Waals surface area contributed by atoms with Gasteiger partial charge in [-0.3, -0.25) is 0 Å². The summed E-state index contributed by atoms with van der Waals surface area (Å²) in [7, 11) is 0. The predicted octanol–water partition coefficient (Wildman–Crippen LogP) is 5.11. The molecule has 0 aliphatic heterocycles. The van der Waals surface area contributed by atoms with Gasteiger partial charge in [0.25, 0.3) is 0 Å². The van der Waals surface area contributed by atoms with Crippen molar-refractivity contribution in [2.24, 2.45) is 28.1 Å². The molecule has 0 spiro atoms. The summed E-state index contributed by atoms with van der Waals surface area (Å²) < 4.78 is 0. The highest BCUT2D eigenvalue weighted by molar-refractivity contribution is 5.27. The van der Waals surface area contributed by atoms with Gasteiger partial charge in [-0.05, 0) is 54.8 Å². The van der Waals surface area contributed by atoms with Crippen LogP contribution in [0, 0.1) is 28.1 Å². The van der Waals surface area contributed by atoms with Crippen molar-refractivity contribution in [1.82, 2.24) is 0 Å². The van der Waals surface area contributed by atoms with E-state index < -0.39 is 0 Å². The number of hydrogen-bond donors (Lipinski definition) is 1. The molecule has 0 radical (unpaired) electrons. The van der Waals surface area contributed by atoms with Crippen molar-refractivity contribution in [1.29, 1.82) is 0 Å². The van der Waals surface area contributed by atoms with Crippen molar-refractivity contribution in [2.75, 3.05) is 0 Å². The van der Waals surface area contributed by atoms with Crippen LogP contribution in [0.15, 0.2) is 24.3 Å². The van der Waals surface area contributed by atoms with Crippen molar-refractivity contribution in [2.45, 2.75) is 72.3 Å². The van der Waals surface area contributed by atoms with Gasteiger partial charge in [0.15, 0.2) is 0 Å². The summed E-state index contributed by atoms with van der Waals surface area (Å²) in [6.07, 6.45) is 11.6. The molecule has 0 saturated heterocycles. The summed E-state index contributed by atoms with van der Waals surface area (Å²) in [4.78, 5) is 0. The fourth-order valence-corrected chi connectivity index (χ4v) is 6.19. The van der Waals surface area contributed by atoms with Gasteiger partial charge in [-0.25, -0.2) is 0 Å². The zero-order valence-corrected chi connectivity index (χ0v) is 14.3. The van der Waals surface area contributed by atoms with E-state index in [0.717, 1.165) is 6.42 Å². The third-order valence-electron chi connectivity index (χ3n) is 7.12. The number of rotatable bonds is 1. The molecule has 2 fully saturated rings. The number of aliphatic hydroxyl groups excluding tert-OH is 1. The van der Waals surface area contributed by atoms with Crippen molar-refractivity contribution in [3.05, 3.63) is 24.3 Å². The molecule has 0 unspecified atom stereocenters. The van der Waals surface area contributed by atoms with Gasteiger partial charge in [-0.15, -0.1) is 6.58 Å². The summed E-state index contributed by atoms with van der Waals surface area (Å²) in [6.45, 7) is 13.5. The molecule has 0 aromatic rings. The SMILES string of the molecule is C=C[C@]1(C)C=C2C[C@H](O)[C@H]3C(C)(C)CCC[C@]3(C)[C@H]2CC1. The fourth-order valence-electron chi connectivity index (χ4n) is 6.19. The first-order valence-corrected chi connectivity index (χ1v) is 8.75. The summed E-state index contributed by atoms with van der Waals surface area (Å²) in [5, 5.41) is 10.9. The standard InChI is InChI=1S/C20H32O/c1-6-19(4)11-8-15-14(13-19)12-16(21)17-18(2,3)9-7-10-20(15,17)5/h6,13,15-17,21H,1,7-12H2,2-5H3/t15-,16-,17-,19-,20+/m0/s1. The Labute approximate surface area is 130 Å². The maximum Gasteiger partial charge on any atom is 0.0616 e. The van der Waals surface area contributed by atoms with Crippen LogP contribution in [0.2, 0.25) is 0 Å². The van der Waals surface area contributed by atoms with Crippen LogP contribution in [-0.2, 0) is 0 Å². The molecule has 0 aromatic carbocycles. The molecular weight excluding hydrogens is 256 g/mol. The summed E-state index contributed by atoms with van der Waals surface area (Å²) in [6, 6.07) is 0. The second-order valence-corrected chi connectivity index (χ2v) is 9.12. The van der Waals surface area contributed by atoms with Crippen molar-refractivity contribution >= 4 is 0 Å². The highest BCUT2D eigenvalue weighted by Crippen LogP contribution is 2.63. The van der Waals surface area contributed by atoms with E-state index in [-0.39, 0.29) is 22.3 Å². The Morgan fingerprint density at radius 3 is 2.57 bits per heavy atom. The average molecular weight is 288 g/mol. The first-order valence-electron chi connectivity index (χ1n) is 8.75. The highest BCUT2D eigenvalue weighted by atomic mass is 16.3. The van der Waals surface area contributed by atoms with Crippen LogP contribution < -0.4 is 0 Å². The third-order valence-corrected chi connectivity index (χ3v) is 7.12. The predicted molar refractivity (Wildman–Crippen MR) is 89.0 cm³/mol. The van der Waals surface area contributed by atoms with Gasteiger partial charge in [-0.1, -0.05) is 51.8 Å². The van der Waals surface area contributed by atoms with E-state index in [9.17, 15) is 5.11 Å². The summed E-state index contributed by atoms with van der Waals surface area (Å²) >= 11 is 0. The van der Waals surface area contributed by atoms with Gasteiger partial charge >= 0.3 is 0 Å². The Bertz CT molecular complexity index is 474. The number of hydrogen-bond acceptors (Lipinski definition) is 1. The molecule has 3 aliphatic carbocycles. The van der Waals surface area contributed by atoms with Crippen molar-refractivity contribution in [3.8, 4) is 0 Å². The lowest BCUT2D eigenvalue weighted by atomic mass is 9.45. The van der Waals surface area contributed by atoms with E-state index in [1.54, 1.807) is 0 Å². The van der Waals surface area contributed by atoms with E-state index in [1.165, 1.54) is 37.7 Å². The van der Waals surface area contributed by atoms with E-state index in [2.05, 4.69) is 46.4 Å². The molecule has 1 N–H and O–H groups in total. The second kappa shape index (κ2) is 4.72. The van der Waals surface area contributed by atoms with Crippen LogP contribution in [-0.4, -0.2) is 11.2 Å². The molecule has 1 heteroatoms. The van der Waals surface area contributed by atoms with E-state index in [4.69, 9.17) is 0 Å². The minimum atomic E-state index is -0.167. The number of allylic oxidation sites excluding steroid dienone is 2. The molecule has 3 aliphatic rings. The highest BCUT2D eigenvalue weighted by Gasteiger charge is 2.57. The molecule has 0 bridgehead atoms. The Kier molecular flexibility index (Phi) is 3.44. The molecule has 3 rings (SSSR count). The van der Waals surface area contributed by atoms with Gasteiger partial charge < -0.3 is 5.11 Å². The average Bonchev–Trinajstić information content (AvgIpc) is 2.36. The molecular formula is C20H32O. The van der Waals surface area contributed by atoms with E-state index >= 15 is 0 Å². The maximum absolute atomic E-state index is 10.9. The molecule has 21 heavy (non-hydrogen) atoms. The van der Waals surface area contributed by atoms with Crippen LogP contribution in [0.3, 0.4) is 0 Å². The molecule has 0 heterocycles. The molecule has 5 atom stereocenters. The number of fused-ring (bicyclic) bond motifs is 3. The van der Waals surface area contributed by atoms with Crippen molar-refractivity contribution in [3.63, 3.8) is 0 Å². The molecule has 1 nitrogen and oxygen atoms in total. The topological polar surface area (TPSA) is 20.2 Å². The van der Waals surface area contributed by atoms with Crippen LogP contribution in [0.25, 0.3) is 0 Å². The van der Waals surface area contributed by atoms with Gasteiger partial charge in [0.1, 0.15) is 0 Å². The Balaban J connectivity index is 2.03. The lowest BCUT2D eigenvalue weighted by Gasteiger charge is -2.61. The quantitative estimate of drug-likeness (QED) is 0.665. The van der Waals surface area contributed by atoms with Crippen molar-refractivity contribution < 1.29 is 5.11 Å². The zero-order chi connectivity index (χ0) is 15.5. The van der Waals surface area contributed by atoms with Gasteiger partial charge in [0, 0.05) is 5.41 Å². The van der Waals surface area contributed by atoms with Crippen LogP contribution >= 0.6 is 0 Å². The first-order chi connectivity index (χ1) is 9.72. The number of aliphatic hydroxyl groups is 1. The van der Waals surface area contributed by atoms with E-state index in [1.807, 2.05) is 0 Å². The van der Waals surface area contributed by atoms with E-state index in [0.29, 0.717) is 11.8 Å². The van der Waals surface area contributed by atoms with Gasteiger partial charge in [0.05, 0.1) is 6.10 Å². The lowest BCUT2D eigenvalue weighted by Crippen LogP contribution is -2.56. The minimum Gasteiger partial charge on any atom is -0.392 e. The third kappa shape index (κ3) is 2.23. The largest absolute Gasteiger partial charge is 0.392 e. The lowest BCUT2D eigenvalue weighted by molar-refractivity contribution is -0.124. The van der Waals surface area contributed by atoms with Crippen LogP contribution in [0.4, 0.5) is 0 Å². The summed E-state index contributed by atoms with van der Waals surface area (Å²) in [5.74, 6) is 1.13. The van der Waals surface area contributed by atoms with Gasteiger partial charge in [0.2, 0.25) is 0 Å². The van der Waals surface area contributed by atoms with Crippen LogP contribution in [0.1, 0.15) is 66.2 Å². The molecule has 2 saturated carbocycles. The Morgan fingerprint density at radius 1 is 1.19 bits per heavy atom. The minimum absolute atomic E-state index is 0.138. The Hall–Kier alpha value is -0.560. The normalized spacial score (nSPS) is 48.8. The Morgan fingerprint density at radius 2 is 1.90 bits per heavy atom. The summed E-state index contributed by atoms with van der Waals surface area (Å²) in [5.41, 5.74) is 2.22. The molecule has 0 amide bonds. The zero-order valence-electron chi connectivity index (χ0n) is 14.3. The molecule has 118 valence electrons.